The van der Waals surface area contributed by atoms with Gasteiger partial charge in [0.1, 0.15) is 5.75 Å². The molecule has 0 atom stereocenters. The van der Waals surface area contributed by atoms with E-state index in [1.54, 1.807) is 0 Å². The van der Waals surface area contributed by atoms with Gasteiger partial charge in [0.05, 0.1) is 13.0 Å². The molecule has 1 aromatic rings. The van der Waals surface area contributed by atoms with Gasteiger partial charge in [0.25, 0.3) is 0 Å². The number of benzene rings is 1. The topological polar surface area (TPSA) is 49.9 Å². The average Bonchev–Trinajstić information content (AvgIpc) is 2.56. The molecule has 0 spiro atoms. The molecule has 1 saturated heterocycles. The highest BCUT2D eigenvalue weighted by atomic mass is 16.5. The molecule has 0 aromatic heterocycles. The van der Waals surface area contributed by atoms with Crippen LogP contribution in [0.4, 0.5) is 0 Å². The molecule has 5 heteroatoms. The van der Waals surface area contributed by atoms with E-state index in [2.05, 4.69) is 13.8 Å². The number of hydrogen-bond donors (Lipinski definition) is 0. The summed E-state index contributed by atoms with van der Waals surface area (Å²) in [6.45, 7) is 9.21. The molecule has 0 bridgehead atoms. The first-order valence-corrected chi connectivity index (χ1v) is 8.77. The molecule has 0 unspecified atom stereocenters. The molecule has 5 nitrogen and oxygen atoms in total. The summed E-state index contributed by atoms with van der Waals surface area (Å²) in [5, 5.41) is 0. The van der Waals surface area contributed by atoms with Gasteiger partial charge in [0.2, 0.25) is 11.8 Å². The molecule has 2 rings (SSSR count). The van der Waals surface area contributed by atoms with E-state index in [0.29, 0.717) is 51.5 Å². The minimum absolute atomic E-state index is 0.120. The van der Waals surface area contributed by atoms with Gasteiger partial charge in [0.15, 0.2) is 0 Å². The third-order valence-electron chi connectivity index (χ3n) is 4.16. The number of piperazine rings is 1. The van der Waals surface area contributed by atoms with Crippen LogP contribution in [0, 0.1) is 5.92 Å². The van der Waals surface area contributed by atoms with Crippen LogP contribution in [-0.4, -0.2) is 54.4 Å². The Kier molecular flexibility index (Phi) is 6.64. The van der Waals surface area contributed by atoms with Crippen LogP contribution in [-0.2, 0) is 16.0 Å². The Hall–Kier alpha value is -2.04. The number of carbonyl (C=O) groups is 2. The lowest BCUT2D eigenvalue weighted by Gasteiger charge is -2.35. The number of carbonyl (C=O) groups excluding carboxylic acids is 2. The molecule has 132 valence electrons. The third kappa shape index (κ3) is 5.25. The maximum Gasteiger partial charge on any atom is 0.227 e. The summed E-state index contributed by atoms with van der Waals surface area (Å²) in [5.41, 5.74) is 0.988. The fourth-order valence-corrected chi connectivity index (χ4v) is 2.84. The molecule has 0 aliphatic carbocycles. The summed E-state index contributed by atoms with van der Waals surface area (Å²) in [6.07, 6.45) is 0.979. The van der Waals surface area contributed by atoms with Crippen LogP contribution < -0.4 is 4.74 Å². The van der Waals surface area contributed by atoms with Gasteiger partial charge in [-0.1, -0.05) is 26.0 Å². The number of rotatable bonds is 6. The Bertz CT molecular complexity index is 546. The zero-order valence-corrected chi connectivity index (χ0v) is 15.0. The molecule has 1 fully saturated rings. The van der Waals surface area contributed by atoms with Gasteiger partial charge in [0, 0.05) is 32.6 Å². The molecule has 0 N–H and O–H groups in total. The molecule has 0 saturated carbocycles. The molecule has 1 aliphatic heterocycles. The standard InChI is InChI=1S/C19H28N2O3/c1-4-24-17-7-5-16(6-8-17)14-19(23)21-11-9-20(10-12-21)18(22)13-15(2)3/h5-8,15H,4,9-14H2,1-3H3. The maximum absolute atomic E-state index is 12.4. The Morgan fingerprint density at radius 2 is 1.54 bits per heavy atom. The van der Waals surface area contributed by atoms with Crippen LogP contribution in [0.5, 0.6) is 5.75 Å². The summed E-state index contributed by atoms with van der Waals surface area (Å²) in [7, 11) is 0. The lowest BCUT2D eigenvalue weighted by atomic mass is 10.1. The Labute approximate surface area is 144 Å². The van der Waals surface area contributed by atoms with Gasteiger partial charge >= 0.3 is 0 Å². The molecule has 24 heavy (non-hydrogen) atoms. The van der Waals surface area contributed by atoms with Crippen LogP contribution in [0.1, 0.15) is 32.8 Å². The maximum atomic E-state index is 12.4. The van der Waals surface area contributed by atoms with E-state index in [0.717, 1.165) is 11.3 Å². The van der Waals surface area contributed by atoms with Crippen molar-refractivity contribution in [1.82, 2.24) is 9.80 Å². The van der Waals surface area contributed by atoms with Crippen LogP contribution in [0.3, 0.4) is 0 Å². The zero-order valence-electron chi connectivity index (χ0n) is 15.0. The second-order valence-corrected chi connectivity index (χ2v) is 6.61. The number of amides is 2. The second kappa shape index (κ2) is 8.71. The molecule has 1 aliphatic rings. The van der Waals surface area contributed by atoms with E-state index in [1.165, 1.54) is 0 Å². The van der Waals surface area contributed by atoms with E-state index < -0.39 is 0 Å². The zero-order chi connectivity index (χ0) is 17.5. The van der Waals surface area contributed by atoms with E-state index >= 15 is 0 Å². The number of nitrogens with zero attached hydrogens (tertiary/aromatic N) is 2. The number of ether oxygens (including phenoxy) is 1. The Morgan fingerprint density at radius 1 is 1.00 bits per heavy atom. The van der Waals surface area contributed by atoms with Crippen molar-refractivity contribution in [1.29, 1.82) is 0 Å². The van der Waals surface area contributed by atoms with Crippen molar-refractivity contribution in [3.63, 3.8) is 0 Å². The fourth-order valence-electron chi connectivity index (χ4n) is 2.84. The van der Waals surface area contributed by atoms with Gasteiger partial charge in [-0.3, -0.25) is 9.59 Å². The van der Waals surface area contributed by atoms with Crippen molar-refractivity contribution < 1.29 is 14.3 Å². The lowest BCUT2D eigenvalue weighted by molar-refractivity contribution is -0.139. The highest BCUT2D eigenvalue weighted by molar-refractivity contribution is 5.80. The molecule has 1 aromatic carbocycles. The highest BCUT2D eigenvalue weighted by Crippen LogP contribution is 2.14. The smallest absolute Gasteiger partial charge is 0.227 e. The molecule has 2 amide bonds. The predicted molar refractivity (Wildman–Crippen MR) is 93.9 cm³/mol. The van der Waals surface area contributed by atoms with Gasteiger partial charge < -0.3 is 14.5 Å². The van der Waals surface area contributed by atoms with Crippen molar-refractivity contribution in [3.8, 4) is 5.75 Å². The third-order valence-corrected chi connectivity index (χ3v) is 4.16. The molecular weight excluding hydrogens is 304 g/mol. The van der Waals surface area contributed by atoms with Gasteiger partial charge in [-0.2, -0.15) is 0 Å². The van der Waals surface area contributed by atoms with E-state index in [9.17, 15) is 9.59 Å². The molecule has 1 heterocycles. The highest BCUT2D eigenvalue weighted by Gasteiger charge is 2.24. The van der Waals surface area contributed by atoms with Crippen molar-refractivity contribution in [2.45, 2.75) is 33.6 Å². The van der Waals surface area contributed by atoms with Crippen LogP contribution in [0.15, 0.2) is 24.3 Å². The Balaban J connectivity index is 1.81. The largest absolute Gasteiger partial charge is 0.494 e. The van der Waals surface area contributed by atoms with Crippen molar-refractivity contribution in [2.24, 2.45) is 5.92 Å². The van der Waals surface area contributed by atoms with E-state index in [1.807, 2.05) is 41.0 Å². The monoisotopic (exact) mass is 332 g/mol. The normalized spacial score (nSPS) is 14.8. The van der Waals surface area contributed by atoms with E-state index in [-0.39, 0.29) is 11.8 Å². The summed E-state index contributed by atoms with van der Waals surface area (Å²) >= 11 is 0. The SMILES string of the molecule is CCOc1ccc(CC(=O)N2CCN(C(=O)CC(C)C)CC2)cc1. The van der Waals surface area contributed by atoms with Crippen LogP contribution in [0.25, 0.3) is 0 Å². The quantitative estimate of drug-likeness (QED) is 0.803. The summed E-state index contributed by atoms with van der Waals surface area (Å²) < 4.78 is 5.41. The van der Waals surface area contributed by atoms with Gasteiger partial charge in [-0.25, -0.2) is 0 Å². The first-order chi connectivity index (χ1) is 11.5. The Morgan fingerprint density at radius 3 is 2.04 bits per heavy atom. The van der Waals surface area contributed by atoms with E-state index in [4.69, 9.17) is 4.74 Å². The van der Waals surface area contributed by atoms with Crippen molar-refractivity contribution in [3.05, 3.63) is 29.8 Å². The summed E-state index contributed by atoms with van der Waals surface area (Å²) in [6, 6.07) is 7.67. The molecular formula is C19H28N2O3. The fraction of sp³-hybridized carbons (Fsp3) is 0.579. The molecule has 0 radical (unpaired) electrons. The second-order valence-electron chi connectivity index (χ2n) is 6.61. The van der Waals surface area contributed by atoms with Crippen LogP contribution in [0.2, 0.25) is 0 Å². The van der Waals surface area contributed by atoms with Gasteiger partial charge in [-0.05, 0) is 30.5 Å². The predicted octanol–water partition coefficient (Wildman–Crippen LogP) is 2.34. The minimum atomic E-state index is 0.120. The summed E-state index contributed by atoms with van der Waals surface area (Å²) in [5.74, 6) is 1.52. The average molecular weight is 332 g/mol. The van der Waals surface area contributed by atoms with Crippen molar-refractivity contribution >= 4 is 11.8 Å². The minimum Gasteiger partial charge on any atom is -0.494 e. The lowest BCUT2D eigenvalue weighted by Crippen LogP contribution is -2.51. The first-order valence-electron chi connectivity index (χ1n) is 8.77. The summed E-state index contributed by atoms with van der Waals surface area (Å²) in [4.78, 5) is 28.2. The first kappa shape index (κ1) is 18.3. The van der Waals surface area contributed by atoms with Crippen LogP contribution >= 0.6 is 0 Å². The number of hydrogen-bond acceptors (Lipinski definition) is 3. The van der Waals surface area contributed by atoms with Crippen molar-refractivity contribution in [2.75, 3.05) is 32.8 Å². The van der Waals surface area contributed by atoms with Gasteiger partial charge in [-0.15, -0.1) is 0 Å².